The minimum absolute atomic E-state index is 0.0939. The van der Waals surface area contributed by atoms with Crippen LogP contribution in [0.3, 0.4) is 0 Å². The van der Waals surface area contributed by atoms with Gasteiger partial charge in [-0.1, -0.05) is 13.8 Å². The Labute approximate surface area is 176 Å². The molecule has 1 aliphatic rings. The van der Waals surface area contributed by atoms with Gasteiger partial charge in [0, 0.05) is 24.3 Å². The van der Waals surface area contributed by atoms with Crippen molar-refractivity contribution in [2.75, 3.05) is 30.5 Å². The Morgan fingerprint density at radius 3 is 2.37 bits per heavy atom. The second-order valence-electron chi connectivity index (χ2n) is 7.66. The van der Waals surface area contributed by atoms with Crippen molar-refractivity contribution in [3.8, 4) is 5.75 Å². The molecule has 158 valence electrons. The quantitative estimate of drug-likeness (QED) is 0.706. The van der Waals surface area contributed by atoms with Gasteiger partial charge in [-0.15, -0.1) is 0 Å². The highest BCUT2D eigenvalue weighted by molar-refractivity contribution is 6.03. The third kappa shape index (κ3) is 5.17. The smallest absolute Gasteiger partial charge is 0.338 e. The van der Waals surface area contributed by atoms with E-state index in [4.69, 9.17) is 9.47 Å². The summed E-state index contributed by atoms with van der Waals surface area (Å²) in [5.41, 5.74) is 1.73. The second-order valence-corrected chi connectivity index (χ2v) is 7.66. The van der Waals surface area contributed by atoms with Crippen molar-refractivity contribution in [1.29, 1.82) is 0 Å². The average Bonchev–Trinajstić information content (AvgIpc) is 3.14. The van der Waals surface area contributed by atoms with Crippen LogP contribution >= 0.6 is 0 Å². The van der Waals surface area contributed by atoms with E-state index in [0.717, 1.165) is 5.69 Å². The van der Waals surface area contributed by atoms with Crippen molar-refractivity contribution in [1.82, 2.24) is 0 Å². The third-order valence-electron chi connectivity index (χ3n) is 4.82. The summed E-state index contributed by atoms with van der Waals surface area (Å²) >= 11 is 0. The molecule has 0 bridgehead atoms. The van der Waals surface area contributed by atoms with E-state index in [-0.39, 0.29) is 24.2 Å². The predicted molar refractivity (Wildman–Crippen MR) is 114 cm³/mol. The Balaban J connectivity index is 1.58. The van der Waals surface area contributed by atoms with Gasteiger partial charge in [-0.2, -0.15) is 0 Å². The van der Waals surface area contributed by atoms with Gasteiger partial charge in [-0.05, 0) is 54.4 Å². The predicted octanol–water partition coefficient (Wildman–Crippen LogP) is 3.50. The fourth-order valence-corrected chi connectivity index (χ4v) is 3.15. The first-order chi connectivity index (χ1) is 14.4. The number of hydrogen-bond acceptors (Lipinski definition) is 5. The molecule has 1 N–H and O–H groups in total. The number of carbonyl (C=O) groups is 3. The molecule has 1 fully saturated rings. The summed E-state index contributed by atoms with van der Waals surface area (Å²) in [7, 11) is 1.58. The highest BCUT2D eigenvalue weighted by atomic mass is 16.5. The fourth-order valence-electron chi connectivity index (χ4n) is 3.15. The SMILES string of the molecule is COc1ccc(N2C[C@H](C(=O)Nc3ccc(C(=O)OCC(C)C)cc3)CC2=O)cc1. The van der Waals surface area contributed by atoms with Gasteiger partial charge in [0.1, 0.15) is 5.75 Å². The van der Waals surface area contributed by atoms with Crippen LogP contribution in [0.25, 0.3) is 0 Å². The zero-order valence-electron chi connectivity index (χ0n) is 17.4. The molecular formula is C23H26N2O5. The van der Waals surface area contributed by atoms with Gasteiger partial charge in [-0.3, -0.25) is 9.59 Å². The largest absolute Gasteiger partial charge is 0.497 e. The zero-order chi connectivity index (χ0) is 21.7. The monoisotopic (exact) mass is 410 g/mol. The topological polar surface area (TPSA) is 84.9 Å². The average molecular weight is 410 g/mol. The molecule has 2 aromatic carbocycles. The Morgan fingerprint density at radius 1 is 1.10 bits per heavy atom. The number of nitrogens with zero attached hydrogens (tertiary/aromatic N) is 1. The fraction of sp³-hybridized carbons (Fsp3) is 0.348. The van der Waals surface area contributed by atoms with Crippen LogP contribution in [0.2, 0.25) is 0 Å². The first kappa shape index (κ1) is 21.4. The third-order valence-corrected chi connectivity index (χ3v) is 4.82. The molecule has 1 atom stereocenters. The maximum atomic E-state index is 12.6. The van der Waals surface area contributed by atoms with Crippen molar-refractivity contribution < 1.29 is 23.9 Å². The molecule has 2 aromatic rings. The summed E-state index contributed by atoms with van der Waals surface area (Å²) in [4.78, 5) is 38.6. The van der Waals surface area contributed by atoms with Gasteiger partial charge in [-0.25, -0.2) is 4.79 Å². The molecule has 2 amide bonds. The normalized spacial score (nSPS) is 15.9. The molecule has 30 heavy (non-hydrogen) atoms. The second kappa shape index (κ2) is 9.43. The van der Waals surface area contributed by atoms with Gasteiger partial charge in [0.05, 0.1) is 25.2 Å². The van der Waals surface area contributed by atoms with Crippen molar-refractivity contribution in [2.24, 2.45) is 11.8 Å². The first-order valence-electron chi connectivity index (χ1n) is 9.90. The van der Waals surface area contributed by atoms with E-state index >= 15 is 0 Å². The maximum absolute atomic E-state index is 12.6. The summed E-state index contributed by atoms with van der Waals surface area (Å²) in [6.45, 7) is 4.61. The Bertz CT molecular complexity index is 906. The minimum atomic E-state index is -0.449. The van der Waals surface area contributed by atoms with E-state index < -0.39 is 11.9 Å². The number of anilines is 2. The van der Waals surface area contributed by atoms with Gasteiger partial charge < -0.3 is 19.7 Å². The number of ether oxygens (including phenoxy) is 2. The summed E-state index contributed by atoms with van der Waals surface area (Å²) in [6, 6.07) is 13.7. The van der Waals surface area contributed by atoms with Crippen molar-refractivity contribution in [2.45, 2.75) is 20.3 Å². The number of benzene rings is 2. The number of nitrogens with one attached hydrogen (secondary N) is 1. The lowest BCUT2D eigenvalue weighted by atomic mass is 10.1. The van der Waals surface area contributed by atoms with Crippen LogP contribution in [0.1, 0.15) is 30.6 Å². The van der Waals surface area contributed by atoms with Gasteiger partial charge in [0.2, 0.25) is 11.8 Å². The number of amides is 2. The van der Waals surface area contributed by atoms with Gasteiger partial charge >= 0.3 is 5.97 Å². The highest BCUT2D eigenvalue weighted by Crippen LogP contribution is 2.27. The molecule has 1 saturated heterocycles. The van der Waals surface area contributed by atoms with Crippen LogP contribution < -0.4 is 15.0 Å². The van der Waals surface area contributed by atoms with E-state index in [2.05, 4.69) is 5.32 Å². The van der Waals surface area contributed by atoms with E-state index in [1.165, 1.54) is 0 Å². The minimum Gasteiger partial charge on any atom is -0.497 e. The Kier molecular flexibility index (Phi) is 6.72. The lowest BCUT2D eigenvalue weighted by Gasteiger charge is -2.17. The molecule has 0 spiro atoms. The summed E-state index contributed by atoms with van der Waals surface area (Å²) in [6.07, 6.45) is 0.150. The highest BCUT2D eigenvalue weighted by Gasteiger charge is 2.35. The number of esters is 1. The number of methoxy groups -OCH3 is 1. The van der Waals surface area contributed by atoms with Crippen LogP contribution in [-0.4, -0.2) is 38.0 Å². The molecule has 1 heterocycles. The van der Waals surface area contributed by atoms with Crippen LogP contribution in [-0.2, 0) is 14.3 Å². The molecule has 0 radical (unpaired) electrons. The van der Waals surface area contributed by atoms with E-state index in [9.17, 15) is 14.4 Å². The molecule has 3 rings (SSSR count). The number of carbonyl (C=O) groups excluding carboxylic acids is 3. The van der Waals surface area contributed by atoms with E-state index in [1.807, 2.05) is 13.8 Å². The van der Waals surface area contributed by atoms with Crippen LogP contribution in [0.5, 0.6) is 5.75 Å². The summed E-state index contributed by atoms with van der Waals surface area (Å²) < 4.78 is 10.3. The van der Waals surface area contributed by atoms with Crippen LogP contribution in [0.4, 0.5) is 11.4 Å². The van der Waals surface area contributed by atoms with Crippen molar-refractivity contribution in [3.05, 3.63) is 54.1 Å². The van der Waals surface area contributed by atoms with Crippen LogP contribution in [0.15, 0.2) is 48.5 Å². The Morgan fingerprint density at radius 2 is 1.77 bits per heavy atom. The maximum Gasteiger partial charge on any atom is 0.338 e. The van der Waals surface area contributed by atoms with Gasteiger partial charge in [0.25, 0.3) is 0 Å². The summed E-state index contributed by atoms with van der Waals surface area (Å²) in [5.74, 6) is -0.193. The molecule has 0 aliphatic carbocycles. The van der Waals surface area contributed by atoms with Crippen molar-refractivity contribution >= 4 is 29.2 Å². The van der Waals surface area contributed by atoms with E-state index in [1.54, 1.807) is 60.5 Å². The lowest BCUT2D eigenvalue weighted by molar-refractivity contribution is -0.122. The van der Waals surface area contributed by atoms with E-state index in [0.29, 0.717) is 30.2 Å². The summed E-state index contributed by atoms with van der Waals surface area (Å²) in [5, 5.41) is 2.82. The Hall–Kier alpha value is -3.35. The molecule has 7 nitrogen and oxygen atoms in total. The number of rotatable bonds is 7. The molecule has 1 aliphatic heterocycles. The molecule has 0 aromatic heterocycles. The standard InChI is InChI=1S/C23H26N2O5/c1-15(2)14-30-23(28)16-4-6-18(7-5-16)24-22(27)17-12-21(26)25(13-17)19-8-10-20(29-3)11-9-19/h4-11,15,17H,12-14H2,1-3H3,(H,24,27)/t17-/m1/s1. The van der Waals surface area contributed by atoms with Crippen LogP contribution in [0, 0.1) is 11.8 Å². The van der Waals surface area contributed by atoms with Crippen molar-refractivity contribution in [3.63, 3.8) is 0 Å². The first-order valence-corrected chi connectivity index (χ1v) is 9.90. The lowest BCUT2D eigenvalue weighted by Crippen LogP contribution is -2.28. The van der Waals surface area contributed by atoms with Gasteiger partial charge in [0.15, 0.2) is 0 Å². The number of hydrogen-bond donors (Lipinski definition) is 1. The molecule has 7 heteroatoms. The molecule has 0 saturated carbocycles. The molecule has 0 unspecified atom stereocenters. The molecular weight excluding hydrogens is 384 g/mol. The zero-order valence-corrected chi connectivity index (χ0v) is 17.4.